The molecule has 0 saturated carbocycles. The normalized spacial score (nSPS) is 14.5. The first-order valence-corrected chi connectivity index (χ1v) is 9.64. The number of nitrogens with zero attached hydrogens (tertiary/aromatic N) is 1. The lowest BCUT2D eigenvalue weighted by molar-refractivity contribution is -0.201. The topological polar surface area (TPSA) is 87.4 Å². The van der Waals surface area contributed by atoms with Crippen LogP contribution in [0.25, 0.3) is 11.3 Å². The molecule has 1 amide bonds. The number of aliphatic hydroxyl groups is 1. The van der Waals surface area contributed by atoms with Gasteiger partial charge in [0, 0.05) is 30.3 Å². The van der Waals surface area contributed by atoms with Crippen LogP contribution in [0.15, 0.2) is 28.8 Å². The first-order chi connectivity index (χ1) is 14.7. The number of benzene rings is 1. The minimum atomic E-state index is -4.84. The highest BCUT2D eigenvalue weighted by Gasteiger charge is 2.38. The zero-order valence-corrected chi connectivity index (χ0v) is 17.4. The lowest BCUT2D eigenvalue weighted by Crippen LogP contribution is -2.39. The minimum Gasteiger partial charge on any atom is -0.382 e. The molecular weight excluding hydrogens is 444 g/mol. The molecule has 2 rings (SSSR count). The molecule has 0 aliphatic carbocycles. The first-order valence-electron chi connectivity index (χ1n) is 9.64. The van der Waals surface area contributed by atoms with Crippen molar-refractivity contribution in [3.8, 4) is 11.3 Å². The Bertz CT molecular complexity index is 907. The Labute approximate surface area is 180 Å². The molecule has 1 aromatic heterocycles. The summed E-state index contributed by atoms with van der Waals surface area (Å²) in [5, 5.41) is 17.9. The van der Waals surface area contributed by atoms with E-state index in [0.717, 1.165) is 24.3 Å². The molecule has 0 radical (unpaired) electrons. The van der Waals surface area contributed by atoms with E-state index >= 15 is 0 Å². The largest absolute Gasteiger partial charge is 0.416 e. The van der Waals surface area contributed by atoms with Gasteiger partial charge in [-0.15, -0.1) is 0 Å². The molecule has 3 N–H and O–H groups in total. The van der Waals surface area contributed by atoms with Gasteiger partial charge in [0.15, 0.2) is 17.6 Å². The Hall–Kier alpha value is -2.60. The highest BCUT2D eigenvalue weighted by Crippen LogP contribution is 2.32. The van der Waals surface area contributed by atoms with Gasteiger partial charge in [-0.2, -0.15) is 26.3 Å². The van der Waals surface area contributed by atoms with Crippen molar-refractivity contribution < 1.29 is 40.8 Å². The van der Waals surface area contributed by atoms with Crippen LogP contribution < -0.4 is 10.6 Å². The molecule has 1 unspecified atom stereocenters. The number of hydrogen-bond acceptors (Lipinski definition) is 5. The van der Waals surface area contributed by atoms with Crippen molar-refractivity contribution in [3.05, 3.63) is 41.1 Å². The summed E-state index contributed by atoms with van der Waals surface area (Å²) in [6, 6.07) is 3.57. The number of hydrogen-bond donors (Lipinski definition) is 3. The minimum absolute atomic E-state index is 0.0487. The van der Waals surface area contributed by atoms with Gasteiger partial charge < -0.3 is 20.3 Å². The van der Waals surface area contributed by atoms with E-state index in [2.05, 4.69) is 15.8 Å². The van der Waals surface area contributed by atoms with Crippen LogP contribution in [0, 0.1) is 5.92 Å². The van der Waals surface area contributed by atoms with Gasteiger partial charge in [0.25, 0.3) is 5.91 Å². The molecule has 0 bridgehead atoms. The second kappa shape index (κ2) is 9.90. The van der Waals surface area contributed by atoms with Crippen molar-refractivity contribution in [1.82, 2.24) is 15.8 Å². The van der Waals surface area contributed by atoms with Crippen LogP contribution in [0.2, 0.25) is 0 Å². The van der Waals surface area contributed by atoms with E-state index in [1.807, 2.05) is 13.8 Å². The van der Waals surface area contributed by atoms with Crippen molar-refractivity contribution in [2.45, 2.75) is 51.8 Å². The predicted octanol–water partition coefficient (Wildman–Crippen LogP) is 4.15. The number of amides is 1. The Kier molecular flexibility index (Phi) is 7.94. The van der Waals surface area contributed by atoms with Crippen LogP contribution in [0.1, 0.15) is 42.4 Å². The zero-order chi connectivity index (χ0) is 24.3. The number of aromatic nitrogens is 1. The fraction of sp³-hybridized carbons (Fsp3) is 0.500. The van der Waals surface area contributed by atoms with Gasteiger partial charge in [-0.25, -0.2) is 0 Å². The fourth-order valence-corrected chi connectivity index (χ4v) is 2.58. The summed E-state index contributed by atoms with van der Waals surface area (Å²) in [7, 11) is 0. The van der Waals surface area contributed by atoms with E-state index in [-0.39, 0.29) is 41.1 Å². The van der Waals surface area contributed by atoms with E-state index in [4.69, 9.17) is 9.63 Å². The van der Waals surface area contributed by atoms with Crippen molar-refractivity contribution in [2.75, 3.05) is 6.54 Å². The highest BCUT2D eigenvalue weighted by molar-refractivity contribution is 5.95. The molecule has 2 aromatic rings. The Morgan fingerprint density at radius 2 is 1.69 bits per heavy atom. The smallest absolute Gasteiger partial charge is 0.382 e. The molecule has 2 atom stereocenters. The van der Waals surface area contributed by atoms with E-state index in [1.165, 1.54) is 0 Å². The monoisotopic (exact) mass is 467 g/mol. The van der Waals surface area contributed by atoms with Crippen molar-refractivity contribution in [2.24, 2.45) is 5.92 Å². The molecule has 1 heterocycles. The van der Waals surface area contributed by atoms with E-state index in [1.54, 1.807) is 6.92 Å². The number of nitrogens with one attached hydrogen (secondary N) is 2. The van der Waals surface area contributed by atoms with Crippen LogP contribution in [0.5, 0.6) is 0 Å². The Morgan fingerprint density at radius 1 is 1.09 bits per heavy atom. The van der Waals surface area contributed by atoms with Gasteiger partial charge in [-0.3, -0.25) is 4.79 Å². The second-order valence-electron chi connectivity index (χ2n) is 7.61. The molecule has 0 spiro atoms. The maximum Gasteiger partial charge on any atom is 0.416 e. The number of rotatable bonds is 8. The number of alkyl halides is 6. The van der Waals surface area contributed by atoms with Crippen LogP contribution in [-0.4, -0.2) is 41.0 Å². The molecule has 0 aliphatic rings. The SMILES string of the molecule is CC(C)[C@H](C)NC(=O)c1noc(-c2ccc(C(F)(F)F)cc2)c1CNCC(O)C(F)(F)F. The van der Waals surface area contributed by atoms with Gasteiger partial charge in [0.1, 0.15) is 0 Å². The summed E-state index contributed by atoms with van der Waals surface area (Å²) >= 11 is 0. The average molecular weight is 467 g/mol. The molecule has 0 aliphatic heterocycles. The molecule has 12 heteroatoms. The third-order valence-corrected chi connectivity index (χ3v) is 4.85. The van der Waals surface area contributed by atoms with E-state index in [9.17, 15) is 31.1 Å². The van der Waals surface area contributed by atoms with Crippen molar-refractivity contribution in [3.63, 3.8) is 0 Å². The molecule has 6 nitrogen and oxygen atoms in total. The van der Waals surface area contributed by atoms with Crippen molar-refractivity contribution in [1.29, 1.82) is 0 Å². The van der Waals surface area contributed by atoms with Crippen LogP contribution in [-0.2, 0) is 12.7 Å². The van der Waals surface area contributed by atoms with Crippen LogP contribution in [0.3, 0.4) is 0 Å². The Balaban J connectivity index is 2.34. The van der Waals surface area contributed by atoms with Crippen LogP contribution in [0.4, 0.5) is 26.3 Å². The van der Waals surface area contributed by atoms with Gasteiger partial charge in [-0.1, -0.05) is 31.1 Å². The molecular formula is C20H23F6N3O3. The average Bonchev–Trinajstić information content (AvgIpc) is 3.10. The molecule has 178 valence electrons. The summed E-state index contributed by atoms with van der Waals surface area (Å²) in [5.74, 6) is -0.653. The van der Waals surface area contributed by atoms with Gasteiger partial charge in [0.2, 0.25) is 0 Å². The standard InChI is InChI=1S/C20H23F6N3O3/c1-10(2)11(3)28-18(31)16-14(8-27-9-15(30)20(24,25)26)17(32-29-16)12-4-6-13(7-5-12)19(21,22)23/h4-7,10-11,15,27,30H,8-9H2,1-3H3,(H,28,31)/t11-,15?/m0/s1. The molecule has 0 saturated heterocycles. The number of aliphatic hydroxyl groups excluding tert-OH is 1. The summed E-state index contributed by atoms with van der Waals surface area (Å²) < 4.78 is 81.3. The molecule has 1 aromatic carbocycles. The van der Waals surface area contributed by atoms with Gasteiger partial charge >= 0.3 is 12.4 Å². The molecule has 0 fully saturated rings. The summed E-state index contributed by atoms with van der Waals surface area (Å²) in [4.78, 5) is 12.6. The summed E-state index contributed by atoms with van der Waals surface area (Å²) in [6.45, 7) is 4.25. The summed E-state index contributed by atoms with van der Waals surface area (Å²) in [6.07, 6.45) is -12.0. The zero-order valence-electron chi connectivity index (χ0n) is 17.4. The fourth-order valence-electron chi connectivity index (χ4n) is 2.58. The third-order valence-electron chi connectivity index (χ3n) is 4.85. The first kappa shape index (κ1) is 25.7. The lowest BCUT2D eigenvalue weighted by atomic mass is 10.0. The number of carbonyl (C=O) groups excluding carboxylic acids is 1. The second-order valence-corrected chi connectivity index (χ2v) is 7.61. The predicted molar refractivity (Wildman–Crippen MR) is 102 cm³/mol. The van der Waals surface area contributed by atoms with E-state index < -0.39 is 36.5 Å². The molecule has 32 heavy (non-hydrogen) atoms. The van der Waals surface area contributed by atoms with Crippen molar-refractivity contribution >= 4 is 5.91 Å². The highest BCUT2D eigenvalue weighted by atomic mass is 19.4. The van der Waals surface area contributed by atoms with Gasteiger partial charge in [0.05, 0.1) is 5.56 Å². The number of carbonyl (C=O) groups is 1. The lowest BCUT2D eigenvalue weighted by Gasteiger charge is -2.17. The van der Waals surface area contributed by atoms with Crippen LogP contribution >= 0.6 is 0 Å². The quantitative estimate of drug-likeness (QED) is 0.508. The number of halogens is 6. The van der Waals surface area contributed by atoms with E-state index in [0.29, 0.717) is 0 Å². The third kappa shape index (κ3) is 6.45. The maximum atomic E-state index is 12.8. The summed E-state index contributed by atoms with van der Waals surface area (Å²) in [5.41, 5.74) is -0.930. The Morgan fingerprint density at radius 3 is 2.19 bits per heavy atom. The van der Waals surface area contributed by atoms with Gasteiger partial charge in [-0.05, 0) is 25.0 Å². The maximum absolute atomic E-state index is 12.8.